The van der Waals surface area contributed by atoms with Gasteiger partial charge in [0.1, 0.15) is 24.5 Å². The second-order valence-electron chi connectivity index (χ2n) is 13.1. The lowest BCUT2D eigenvalue weighted by Crippen LogP contribution is -2.60. The fourth-order valence-electron chi connectivity index (χ4n) is 5.40. The minimum atomic E-state index is -1.56. The Hall–Kier alpha value is -5.21. The fraction of sp³-hybridized carbons (Fsp3) is 0.432. The largest absolute Gasteiger partial charge is 0.448 e. The van der Waals surface area contributed by atoms with Crippen molar-refractivity contribution in [2.24, 2.45) is 5.92 Å². The monoisotopic (exact) mass is 704 g/mol. The van der Waals surface area contributed by atoms with Crippen molar-refractivity contribution in [3.05, 3.63) is 108 Å². The molecule has 0 unspecified atom stereocenters. The molecule has 51 heavy (non-hydrogen) atoms. The maximum Gasteiger partial charge on any atom is 0.407 e. The van der Waals surface area contributed by atoms with Gasteiger partial charge in [0, 0.05) is 13.0 Å². The molecule has 14 nitrogen and oxygen atoms in total. The lowest BCUT2D eigenvalue weighted by molar-refractivity contribution is -0.126. The number of oxazole rings is 2. The third-order valence-corrected chi connectivity index (χ3v) is 8.27. The van der Waals surface area contributed by atoms with Crippen molar-refractivity contribution in [1.29, 1.82) is 0 Å². The van der Waals surface area contributed by atoms with Gasteiger partial charge < -0.3 is 44.6 Å². The molecule has 0 aliphatic rings. The number of amides is 4. The predicted octanol–water partition coefficient (Wildman–Crippen LogP) is 3.94. The van der Waals surface area contributed by atoms with Crippen molar-refractivity contribution in [1.82, 2.24) is 30.8 Å². The van der Waals surface area contributed by atoms with E-state index >= 15 is 0 Å². The molecule has 0 aliphatic carbocycles. The number of benzene rings is 2. The van der Waals surface area contributed by atoms with Crippen LogP contribution in [0.5, 0.6) is 0 Å². The molecule has 0 spiro atoms. The Morgan fingerprint density at radius 2 is 1.43 bits per heavy atom. The predicted molar refractivity (Wildman–Crippen MR) is 187 cm³/mol. The molecule has 14 heteroatoms. The lowest BCUT2D eigenvalue weighted by atomic mass is 9.90. The van der Waals surface area contributed by atoms with Gasteiger partial charge in [0.15, 0.2) is 24.7 Å². The van der Waals surface area contributed by atoms with Gasteiger partial charge in [-0.15, -0.1) is 0 Å². The van der Waals surface area contributed by atoms with Gasteiger partial charge in [-0.1, -0.05) is 88.4 Å². The molecule has 0 fully saturated rings. The Morgan fingerprint density at radius 1 is 0.843 bits per heavy atom. The van der Waals surface area contributed by atoms with Gasteiger partial charge in [-0.2, -0.15) is 0 Å². The summed E-state index contributed by atoms with van der Waals surface area (Å²) < 4.78 is 15.9. The normalized spacial score (nSPS) is 14.3. The van der Waals surface area contributed by atoms with Crippen LogP contribution in [0.2, 0.25) is 0 Å². The number of rotatable bonds is 17. The molecule has 2 aromatic heterocycles. The van der Waals surface area contributed by atoms with E-state index in [9.17, 15) is 24.6 Å². The van der Waals surface area contributed by atoms with Gasteiger partial charge in [-0.05, 0) is 29.9 Å². The van der Waals surface area contributed by atoms with E-state index in [0.29, 0.717) is 17.3 Å². The number of aliphatic hydroxyl groups excluding tert-OH is 2. The van der Waals surface area contributed by atoms with Gasteiger partial charge in [0.2, 0.25) is 5.91 Å². The van der Waals surface area contributed by atoms with Crippen molar-refractivity contribution in [3.8, 4) is 0 Å². The SMILES string of the molecule is CC(C)c1nc(CN(C)C(=O)N[C@H](C(=O)N[C@@H](Cc2ccccc2)[C@@H](O)[C@@H](O)[C@H](Cc2ccccc2)NC(=O)OCc2cnco2)C(C)C)co1. The Bertz CT molecular complexity index is 1650. The van der Waals surface area contributed by atoms with Crippen molar-refractivity contribution >= 4 is 18.0 Å². The minimum absolute atomic E-state index is 0.0907. The van der Waals surface area contributed by atoms with Crippen molar-refractivity contribution in [2.75, 3.05) is 7.05 Å². The van der Waals surface area contributed by atoms with Gasteiger partial charge in [0.05, 0.1) is 30.5 Å². The summed E-state index contributed by atoms with van der Waals surface area (Å²) in [6.07, 6.45) is 0.437. The summed E-state index contributed by atoms with van der Waals surface area (Å²) in [5.41, 5.74) is 2.14. The molecule has 4 rings (SSSR count). The van der Waals surface area contributed by atoms with Crippen LogP contribution in [-0.2, 0) is 35.5 Å². The van der Waals surface area contributed by atoms with Gasteiger partial charge in [0.25, 0.3) is 0 Å². The number of carbonyl (C=O) groups excluding carboxylic acids is 3. The number of alkyl carbamates (subject to hydrolysis) is 1. The standard InChI is InChI=1S/C37H48N6O8/c1-23(2)31(42-36(47)43(5)19-27-20-49-35(39-27)24(3)4)34(46)40-29(16-25-12-8-6-9-13-25)32(44)33(45)30(17-26-14-10-7-11-15-26)41-37(48)50-21-28-18-38-22-51-28/h6-15,18,20,22-24,29-33,44-45H,16-17,19,21H2,1-5H3,(H,40,46)(H,41,48)(H,42,47)/t29-,30-,31-,32+,33-/m0/s1. The van der Waals surface area contributed by atoms with Crippen LogP contribution in [0.4, 0.5) is 9.59 Å². The first-order valence-electron chi connectivity index (χ1n) is 16.9. The van der Waals surface area contributed by atoms with Crippen LogP contribution in [0, 0.1) is 5.92 Å². The second-order valence-corrected chi connectivity index (χ2v) is 13.1. The summed E-state index contributed by atoms with van der Waals surface area (Å²) in [6.45, 7) is 7.46. The fourth-order valence-corrected chi connectivity index (χ4v) is 5.40. The van der Waals surface area contributed by atoms with E-state index in [4.69, 9.17) is 13.6 Å². The maximum atomic E-state index is 13.9. The Morgan fingerprint density at radius 3 is 1.94 bits per heavy atom. The highest BCUT2D eigenvalue weighted by atomic mass is 16.6. The highest BCUT2D eigenvalue weighted by Gasteiger charge is 2.36. The van der Waals surface area contributed by atoms with Crippen LogP contribution in [0.3, 0.4) is 0 Å². The van der Waals surface area contributed by atoms with Crippen LogP contribution in [0.25, 0.3) is 0 Å². The van der Waals surface area contributed by atoms with Crippen LogP contribution in [-0.4, -0.2) is 80.5 Å². The molecule has 4 aromatic rings. The zero-order chi connectivity index (χ0) is 36.9. The molecule has 0 saturated carbocycles. The highest BCUT2D eigenvalue weighted by molar-refractivity contribution is 5.87. The maximum absolute atomic E-state index is 13.9. The first-order valence-corrected chi connectivity index (χ1v) is 16.9. The van der Waals surface area contributed by atoms with Crippen LogP contribution < -0.4 is 16.0 Å². The van der Waals surface area contributed by atoms with Crippen LogP contribution in [0.15, 0.2) is 88.4 Å². The first kappa shape index (κ1) is 38.6. The zero-order valence-corrected chi connectivity index (χ0v) is 29.6. The summed E-state index contributed by atoms with van der Waals surface area (Å²) in [7, 11) is 1.59. The molecule has 4 amide bonds. The number of hydrogen-bond donors (Lipinski definition) is 5. The highest BCUT2D eigenvalue weighted by Crippen LogP contribution is 2.17. The molecular formula is C37H48N6O8. The molecule has 0 saturated heterocycles. The molecule has 2 aromatic carbocycles. The average molecular weight is 705 g/mol. The molecular weight excluding hydrogens is 656 g/mol. The zero-order valence-electron chi connectivity index (χ0n) is 29.6. The number of aromatic nitrogens is 2. The first-order chi connectivity index (χ1) is 24.4. The lowest BCUT2D eigenvalue weighted by Gasteiger charge is -2.34. The number of ether oxygens (including phenoxy) is 1. The van der Waals surface area contributed by atoms with E-state index in [1.807, 2.05) is 74.5 Å². The van der Waals surface area contributed by atoms with Crippen LogP contribution in [0.1, 0.15) is 62.1 Å². The number of nitrogens with one attached hydrogen (secondary N) is 3. The molecule has 5 atom stereocenters. The van der Waals surface area contributed by atoms with E-state index in [2.05, 4.69) is 25.9 Å². The number of urea groups is 1. The number of carbonyl (C=O) groups is 3. The minimum Gasteiger partial charge on any atom is -0.448 e. The Balaban J connectivity index is 1.50. The average Bonchev–Trinajstić information content (AvgIpc) is 3.82. The number of hydrogen-bond acceptors (Lipinski definition) is 10. The summed E-state index contributed by atoms with van der Waals surface area (Å²) >= 11 is 0. The summed E-state index contributed by atoms with van der Waals surface area (Å²) in [5.74, 6) is 0.0859. The molecule has 5 N–H and O–H groups in total. The second kappa shape index (κ2) is 18.7. The number of aliphatic hydroxyl groups is 2. The molecule has 0 radical (unpaired) electrons. The van der Waals surface area contributed by atoms with E-state index < -0.39 is 48.4 Å². The molecule has 2 heterocycles. The third-order valence-electron chi connectivity index (χ3n) is 8.27. The van der Waals surface area contributed by atoms with Crippen molar-refractivity contribution < 1.29 is 38.2 Å². The van der Waals surface area contributed by atoms with Gasteiger partial charge in [-0.3, -0.25) is 4.79 Å². The Labute approximate surface area is 297 Å². The van der Waals surface area contributed by atoms with Gasteiger partial charge in [-0.25, -0.2) is 19.6 Å². The Kier molecular flexibility index (Phi) is 14.1. The third kappa shape index (κ3) is 11.7. The summed E-state index contributed by atoms with van der Waals surface area (Å²) in [5, 5.41) is 31.7. The number of nitrogens with zero attached hydrogens (tertiary/aromatic N) is 3. The smallest absolute Gasteiger partial charge is 0.407 e. The van der Waals surface area contributed by atoms with Crippen molar-refractivity contribution in [2.45, 2.75) is 89.9 Å². The van der Waals surface area contributed by atoms with Crippen molar-refractivity contribution in [3.63, 3.8) is 0 Å². The van der Waals surface area contributed by atoms with E-state index in [1.54, 1.807) is 20.9 Å². The molecule has 0 bridgehead atoms. The van der Waals surface area contributed by atoms with Crippen LogP contribution >= 0.6 is 0 Å². The molecule has 274 valence electrons. The van der Waals surface area contributed by atoms with Gasteiger partial charge >= 0.3 is 12.1 Å². The van der Waals surface area contributed by atoms with E-state index in [0.717, 1.165) is 11.1 Å². The summed E-state index contributed by atoms with van der Waals surface area (Å²) in [6, 6.07) is 14.8. The van der Waals surface area contributed by atoms with E-state index in [1.165, 1.54) is 23.8 Å². The topological polar surface area (TPSA) is 192 Å². The quantitative estimate of drug-likeness (QED) is 0.108. The molecule has 0 aliphatic heterocycles. The van der Waals surface area contributed by atoms with E-state index in [-0.39, 0.29) is 37.8 Å². The summed E-state index contributed by atoms with van der Waals surface area (Å²) in [4.78, 5) is 49.6.